The van der Waals surface area contributed by atoms with Gasteiger partial charge in [0, 0.05) is 6.20 Å². The van der Waals surface area contributed by atoms with Crippen LogP contribution in [0.1, 0.15) is 23.0 Å². The van der Waals surface area contributed by atoms with Gasteiger partial charge in [0.05, 0.1) is 24.4 Å². The van der Waals surface area contributed by atoms with Gasteiger partial charge in [-0.25, -0.2) is 14.8 Å². The number of aryl methyl sites for hydroxylation is 1. The molecule has 0 aliphatic rings. The molecule has 1 aromatic rings. The number of carbonyl (C=O) groups is 1. The van der Waals surface area contributed by atoms with E-state index < -0.39 is 5.97 Å². The Labute approximate surface area is 94.2 Å². The number of nitrogens with zero attached hydrogens (tertiary/aromatic N) is 2. The molecular formula is C11H13N3O2. The van der Waals surface area contributed by atoms with Crippen LogP contribution in [-0.4, -0.2) is 29.1 Å². The quantitative estimate of drug-likeness (QED) is 0.604. The number of nitrogens with one attached hydrogen (secondary N) is 1. The molecule has 0 radical (unpaired) electrons. The maximum atomic E-state index is 11.4. The van der Waals surface area contributed by atoms with Crippen molar-refractivity contribution in [2.45, 2.75) is 13.8 Å². The lowest BCUT2D eigenvalue weighted by atomic mass is 10.2. The van der Waals surface area contributed by atoms with Crippen LogP contribution in [0.4, 0.5) is 5.95 Å². The molecule has 0 amide bonds. The number of rotatable bonds is 4. The first-order valence-electron chi connectivity index (χ1n) is 4.87. The number of hydrogen-bond acceptors (Lipinski definition) is 5. The van der Waals surface area contributed by atoms with E-state index in [0.717, 1.165) is 0 Å². The highest BCUT2D eigenvalue weighted by Crippen LogP contribution is 2.08. The molecule has 0 aromatic carbocycles. The first-order valence-corrected chi connectivity index (χ1v) is 4.87. The van der Waals surface area contributed by atoms with Crippen molar-refractivity contribution in [2.75, 3.05) is 18.5 Å². The van der Waals surface area contributed by atoms with Crippen LogP contribution in [0.3, 0.4) is 0 Å². The minimum atomic E-state index is -0.413. The maximum Gasteiger partial charge on any atom is 0.341 e. The van der Waals surface area contributed by atoms with Gasteiger partial charge < -0.3 is 10.1 Å². The summed E-state index contributed by atoms with van der Waals surface area (Å²) in [6.45, 7) is 4.14. The topological polar surface area (TPSA) is 64.1 Å². The largest absolute Gasteiger partial charge is 0.462 e. The first-order chi connectivity index (χ1) is 7.69. The first kappa shape index (κ1) is 12.0. The molecule has 1 rings (SSSR count). The summed E-state index contributed by atoms with van der Waals surface area (Å²) < 4.78 is 4.86. The Bertz CT molecular complexity index is 424. The average Bonchev–Trinajstić information content (AvgIpc) is 2.26. The number of carbonyl (C=O) groups excluding carboxylic acids is 1. The van der Waals surface area contributed by atoms with Crippen LogP contribution in [0.2, 0.25) is 0 Å². The standard InChI is InChI=1S/C11H13N3O2/c1-4-6-12-11-13-7-9(8(3)14-11)10(15)16-5-2/h1,7H,5-6H2,2-3H3,(H,12,13,14). The monoisotopic (exact) mass is 219 g/mol. The van der Waals surface area contributed by atoms with Gasteiger partial charge in [-0.2, -0.15) is 0 Å². The molecule has 16 heavy (non-hydrogen) atoms. The van der Waals surface area contributed by atoms with E-state index in [1.54, 1.807) is 13.8 Å². The van der Waals surface area contributed by atoms with Crippen molar-refractivity contribution in [1.29, 1.82) is 0 Å². The van der Waals surface area contributed by atoms with E-state index in [0.29, 0.717) is 30.4 Å². The van der Waals surface area contributed by atoms with Gasteiger partial charge >= 0.3 is 5.97 Å². The summed E-state index contributed by atoms with van der Waals surface area (Å²) >= 11 is 0. The smallest absolute Gasteiger partial charge is 0.341 e. The zero-order valence-electron chi connectivity index (χ0n) is 9.28. The van der Waals surface area contributed by atoms with Gasteiger partial charge in [-0.15, -0.1) is 6.42 Å². The van der Waals surface area contributed by atoms with E-state index in [9.17, 15) is 4.79 Å². The third kappa shape index (κ3) is 2.95. The highest BCUT2D eigenvalue weighted by Gasteiger charge is 2.12. The van der Waals surface area contributed by atoms with Gasteiger partial charge in [0.1, 0.15) is 0 Å². The summed E-state index contributed by atoms with van der Waals surface area (Å²) in [6.07, 6.45) is 6.52. The van der Waals surface area contributed by atoms with Crippen molar-refractivity contribution < 1.29 is 9.53 Å². The molecule has 5 heteroatoms. The average molecular weight is 219 g/mol. The second-order valence-corrected chi connectivity index (χ2v) is 2.97. The molecule has 84 valence electrons. The minimum absolute atomic E-state index is 0.329. The van der Waals surface area contributed by atoms with Crippen LogP contribution in [-0.2, 0) is 4.74 Å². The van der Waals surface area contributed by atoms with Gasteiger partial charge in [-0.3, -0.25) is 0 Å². The van der Waals surface area contributed by atoms with E-state index in [4.69, 9.17) is 11.2 Å². The Balaban J connectivity index is 2.83. The fraction of sp³-hybridized carbons (Fsp3) is 0.364. The van der Waals surface area contributed by atoms with Crippen molar-refractivity contribution in [2.24, 2.45) is 0 Å². The molecule has 0 bridgehead atoms. The van der Waals surface area contributed by atoms with Crippen molar-refractivity contribution in [3.63, 3.8) is 0 Å². The lowest BCUT2D eigenvalue weighted by Gasteiger charge is -2.06. The van der Waals surface area contributed by atoms with Gasteiger partial charge in [-0.1, -0.05) is 5.92 Å². The summed E-state index contributed by atoms with van der Waals surface area (Å²) in [5, 5.41) is 2.82. The number of aromatic nitrogens is 2. The minimum Gasteiger partial charge on any atom is -0.462 e. The van der Waals surface area contributed by atoms with Crippen molar-refractivity contribution in [3.05, 3.63) is 17.5 Å². The van der Waals surface area contributed by atoms with E-state index in [2.05, 4.69) is 21.2 Å². The molecule has 0 fully saturated rings. The Morgan fingerprint density at radius 2 is 2.44 bits per heavy atom. The fourth-order valence-electron chi connectivity index (χ4n) is 1.09. The van der Waals surface area contributed by atoms with Gasteiger partial charge in [0.2, 0.25) is 5.95 Å². The van der Waals surface area contributed by atoms with E-state index in [1.165, 1.54) is 6.20 Å². The second-order valence-electron chi connectivity index (χ2n) is 2.97. The molecule has 1 N–H and O–H groups in total. The molecule has 0 saturated heterocycles. The fourth-order valence-corrected chi connectivity index (χ4v) is 1.09. The number of ether oxygens (including phenoxy) is 1. The highest BCUT2D eigenvalue weighted by molar-refractivity contribution is 5.90. The molecule has 5 nitrogen and oxygen atoms in total. The molecule has 0 spiro atoms. The predicted molar refractivity (Wildman–Crippen MR) is 60.0 cm³/mol. The molecule has 0 atom stereocenters. The van der Waals surface area contributed by atoms with Gasteiger partial charge in [-0.05, 0) is 13.8 Å². The Kier molecular flexibility index (Phi) is 4.28. The van der Waals surface area contributed by atoms with E-state index >= 15 is 0 Å². The van der Waals surface area contributed by atoms with Crippen LogP contribution in [0.5, 0.6) is 0 Å². The van der Waals surface area contributed by atoms with E-state index in [-0.39, 0.29) is 0 Å². The van der Waals surface area contributed by atoms with Crippen molar-refractivity contribution in [1.82, 2.24) is 9.97 Å². The predicted octanol–water partition coefficient (Wildman–Crippen LogP) is 1.01. The van der Waals surface area contributed by atoms with Crippen LogP contribution in [0.25, 0.3) is 0 Å². The maximum absolute atomic E-state index is 11.4. The Morgan fingerprint density at radius 3 is 3.00 bits per heavy atom. The van der Waals surface area contributed by atoms with E-state index in [1.807, 2.05) is 0 Å². The van der Waals surface area contributed by atoms with Gasteiger partial charge in [0.25, 0.3) is 0 Å². The summed E-state index contributed by atoms with van der Waals surface area (Å²) in [5.41, 5.74) is 0.932. The lowest BCUT2D eigenvalue weighted by molar-refractivity contribution is 0.0524. The molecule has 0 aliphatic carbocycles. The van der Waals surface area contributed by atoms with Crippen LogP contribution < -0.4 is 5.32 Å². The summed E-state index contributed by atoms with van der Waals surface area (Å²) in [6, 6.07) is 0. The third-order valence-corrected chi connectivity index (χ3v) is 1.82. The lowest BCUT2D eigenvalue weighted by Crippen LogP contribution is -2.11. The number of hydrogen-bond donors (Lipinski definition) is 1. The van der Waals surface area contributed by atoms with Crippen LogP contribution in [0, 0.1) is 19.3 Å². The zero-order valence-corrected chi connectivity index (χ0v) is 9.28. The molecule has 0 aliphatic heterocycles. The number of anilines is 1. The Hall–Kier alpha value is -2.09. The molecular weight excluding hydrogens is 206 g/mol. The zero-order chi connectivity index (χ0) is 12.0. The number of terminal acetylenes is 1. The van der Waals surface area contributed by atoms with Gasteiger partial charge in [0.15, 0.2) is 0 Å². The molecule has 0 saturated carbocycles. The molecule has 1 heterocycles. The molecule has 0 unspecified atom stereocenters. The number of esters is 1. The van der Waals surface area contributed by atoms with Crippen molar-refractivity contribution in [3.8, 4) is 12.3 Å². The third-order valence-electron chi connectivity index (χ3n) is 1.82. The normalized spacial score (nSPS) is 9.31. The summed E-state index contributed by atoms with van der Waals surface area (Å²) in [5.74, 6) is 2.40. The van der Waals surface area contributed by atoms with Crippen molar-refractivity contribution >= 4 is 11.9 Å². The Morgan fingerprint density at radius 1 is 1.69 bits per heavy atom. The SMILES string of the molecule is C#CCNc1ncc(C(=O)OCC)c(C)n1. The van der Waals surface area contributed by atoms with Crippen LogP contribution >= 0.6 is 0 Å². The summed E-state index contributed by atoms with van der Waals surface area (Å²) in [7, 11) is 0. The second kappa shape index (κ2) is 5.71. The summed E-state index contributed by atoms with van der Waals surface area (Å²) in [4.78, 5) is 19.5. The highest BCUT2D eigenvalue weighted by atomic mass is 16.5. The van der Waals surface area contributed by atoms with Crippen LogP contribution in [0.15, 0.2) is 6.20 Å². The molecule has 1 aromatic heterocycles.